The van der Waals surface area contributed by atoms with Gasteiger partial charge in [-0.1, -0.05) is 43.7 Å². The van der Waals surface area contributed by atoms with Gasteiger partial charge in [0.1, 0.15) is 0 Å². The number of fused-ring (bicyclic) bond motifs is 5. The average molecular weight is 312 g/mol. The molecule has 2 nitrogen and oxygen atoms in total. The third-order valence-electron chi connectivity index (χ3n) is 7.67. The summed E-state index contributed by atoms with van der Waals surface area (Å²) in [4.78, 5) is 12.1. The van der Waals surface area contributed by atoms with Crippen LogP contribution < -0.4 is 0 Å². The second-order valence-corrected chi connectivity index (χ2v) is 8.57. The predicted molar refractivity (Wildman–Crippen MR) is 91.8 cm³/mol. The van der Waals surface area contributed by atoms with Crippen molar-refractivity contribution >= 4 is 5.78 Å². The van der Waals surface area contributed by atoms with Gasteiger partial charge in [0.15, 0.2) is 5.78 Å². The predicted octanol–water partition coefficient (Wildman–Crippen LogP) is 4.21. The fourth-order valence-corrected chi connectivity index (χ4v) is 6.19. The number of hydrogen-bond donors (Lipinski definition) is 1. The molecule has 0 aliphatic heterocycles. The van der Waals surface area contributed by atoms with Crippen molar-refractivity contribution in [3.63, 3.8) is 0 Å². The summed E-state index contributed by atoms with van der Waals surface area (Å²) < 4.78 is 0. The van der Waals surface area contributed by atoms with Crippen LogP contribution in [0.2, 0.25) is 0 Å². The minimum Gasteiger partial charge on any atom is -0.392 e. The highest BCUT2D eigenvalue weighted by Crippen LogP contribution is 2.63. The van der Waals surface area contributed by atoms with Crippen molar-refractivity contribution in [2.75, 3.05) is 0 Å². The molecule has 0 heterocycles. The van der Waals surface area contributed by atoms with E-state index in [4.69, 9.17) is 0 Å². The van der Waals surface area contributed by atoms with Gasteiger partial charge >= 0.3 is 0 Å². The molecule has 0 saturated heterocycles. The van der Waals surface area contributed by atoms with Gasteiger partial charge in [-0.3, -0.25) is 4.79 Å². The molecule has 0 radical (unpaired) electrons. The summed E-state index contributed by atoms with van der Waals surface area (Å²) in [5, 5.41) is 11.1. The molecule has 6 atom stereocenters. The van der Waals surface area contributed by atoms with Gasteiger partial charge < -0.3 is 5.11 Å². The minimum atomic E-state index is -0.409. The highest BCUT2D eigenvalue weighted by molar-refractivity contribution is 5.95. The molecule has 2 heteroatoms. The summed E-state index contributed by atoms with van der Waals surface area (Å²) in [6, 6.07) is 0. The van der Waals surface area contributed by atoms with E-state index in [1.807, 2.05) is 0 Å². The summed E-state index contributed by atoms with van der Waals surface area (Å²) in [7, 11) is 0. The first-order valence-electron chi connectivity index (χ1n) is 9.15. The summed E-state index contributed by atoms with van der Waals surface area (Å²) in [5.41, 5.74) is 2.31. The van der Waals surface area contributed by atoms with Crippen LogP contribution in [0.3, 0.4) is 0 Å². The second-order valence-electron chi connectivity index (χ2n) is 8.57. The number of Topliss-reactive ketones (excluding diaryl/α,β-unsaturated/α-hetero) is 1. The lowest BCUT2D eigenvalue weighted by Gasteiger charge is -2.57. The highest BCUT2D eigenvalue weighted by atomic mass is 16.3. The average Bonchev–Trinajstić information content (AvgIpc) is 2.87. The monoisotopic (exact) mass is 312 g/mol. The van der Waals surface area contributed by atoms with Gasteiger partial charge in [-0.2, -0.15) is 0 Å². The first-order chi connectivity index (χ1) is 10.9. The largest absolute Gasteiger partial charge is 0.392 e. The van der Waals surface area contributed by atoms with Gasteiger partial charge in [0.05, 0.1) is 6.10 Å². The molecule has 0 aromatic heterocycles. The van der Waals surface area contributed by atoms with Gasteiger partial charge in [0.2, 0.25) is 0 Å². The first-order valence-corrected chi connectivity index (χ1v) is 9.15. The molecule has 4 aliphatic rings. The minimum absolute atomic E-state index is 0.133. The normalized spacial score (nSPS) is 48.0. The molecule has 0 aromatic carbocycles. The number of hydrogen-bond acceptors (Lipinski definition) is 2. The molecule has 124 valence electrons. The Kier molecular flexibility index (Phi) is 3.29. The maximum atomic E-state index is 12.1. The van der Waals surface area contributed by atoms with Gasteiger partial charge in [0.25, 0.3) is 0 Å². The Morgan fingerprint density at radius 1 is 1.22 bits per heavy atom. The maximum Gasteiger partial charge on any atom is 0.156 e. The van der Waals surface area contributed by atoms with Crippen LogP contribution in [-0.2, 0) is 4.79 Å². The zero-order valence-electron chi connectivity index (χ0n) is 14.5. The molecule has 1 fully saturated rings. The van der Waals surface area contributed by atoms with Crippen LogP contribution in [0.5, 0.6) is 0 Å². The molecule has 0 bridgehead atoms. The summed E-state index contributed by atoms with van der Waals surface area (Å²) in [6.07, 6.45) is 14.1. The molecule has 4 aliphatic carbocycles. The van der Waals surface area contributed by atoms with Gasteiger partial charge in [-0.15, -0.1) is 0 Å². The van der Waals surface area contributed by atoms with E-state index >= 15 is 0 Å². The maximum absolute atomic E-state index is 12.1. The Morgan fingerprint density at radius 3 is 2.74 bits per heavy atom. The van der Waals surface area contributed by atoms with Crippen molar-refractivity contribution < 1.29 is 9.90 Å². The van der Waals surface area contributed by atoms with Crippen LogP contribution >= 0.6 is 0 Å². The van der Waals surface area contributed by atoms with Crippen LogP contribution in [0.4, 0.5) is 0 Å². The number of allylic oxidation sites excluding steroid dienone is 5. The quantitative estimate of drug-likeness (QED) is 0.736. The second kappa shape index (κ2) is 4.92. The third kappa shape index (κ3) is 1.88. The lowest BCUT2D eigenvalue weighted by atomic mass is 9.48. The van der Waals surface area contributed by atoms with E-state index in [1.54, 1.807) is 12.5 Å². The summed E-state index contributed by atoms with van der Waals surface area (Å²) in [6.45, 7) is 6.20. The van der Waals surface area contributed by atoms with E-state index in [0.29, 0.717) is 17.8 Å². The van der Waals surface area contributed by atoms with Crippen molar-refractivity contribution in [1.29, 1.82) is 0 Å². The lowest BCUT2D eigenvalue weighted by Crippen LogP contribution is -2.53. The Bertz CT molecular complexity index is 640. The van der Waals surface area contributed by atoms with Crippen LogP contribution in [-0.4, -0.2) is 17.0 Å². The third-order valence-corrected chi connectivity index (χ3v) is 7.67. The number of rotatable bonds is 1. The Labute approximate surface area is 139 Å². The fourth-order valence-electron chi connectivity index (χ4n) is 6.19. The smallest absolute Gasteiger partial charge is 0.156 e. The first kappa shape index (κ1) is 15.4. The van der Waals surface area contributed by atoms with E-state index in [1.165, 1.54) is 6.42 Å². The zero-order chi connectivity index (χ0) is 16.4. The highest BCUT2D eigenvalue weighted by Gasteiger charge is 2.58. The van der Waals surface area contributed by atoms with E-state index < -0.39 is 6.10 Å². The Hall–Kier alpha value is -1.15. The molecular formula is C21H28O2. The molecule has 1 unspecified atom stereocenters. The van der Waals surface area contributed by atoms with Crippen molar-refractivity contribution in [3.05, 3.63) is 35.5 Å². The summed E-state index contributed by atoms with van der Waals surface area (Å²) in [5.74, 6) is 1.54. The van der Waals surface area contributed by atoms with Crippen LogP contribution in [0, 0.1) is 28.6 Å². The standard InChI is InChI=1S/C21H28O2/c1-13(22)16-9-10-17-15-8-7-14-6-4-5-11-20(14,2)18(15)12-19(23)21(16,17)3/h4,6,8-9,14,17-19,23H,5,7,10-12H2,1-3H3/t14-,17+,18?,19-,20+,21-/m1/s1. The van der Waals surface area contributed by atoms with E-state index in [0.717, 1.165) is 31.3 Å². The number of aliphatic hydroxyl groups is 1. The number of aliphatic hydroxyl groups excluding tert-OH is 1. The van der Waals surface area contributed by atoms with Crippen molar-refractivity contribution in [1.82, 2.24) is 0 Å². The van der Waals surface area contributed by atoms with Crippen molar-refractivity contribution in [2.24, 2.45) is 28.6 Å². The van der Waals surface area contributed by atoms with E-state index in [-0.39, 0.29) is 16.6 Å². The Balaban J connectivity index is 1.77. The number of carbonyl (C=O) groups excluding carboxylic acids is 1. The van der Waals surface area contributed by atoms with Crippen molar-refractivity contribution in [2.45, 2.75) is 59.0 Å². The topological polar surface area (TPSA) is 37.3 Å². The number of ketones is 1. The van der Waals surface area contributed by atoms with Crippen LogP contribution in [0.25, 0.3) is 0 Å². The molecule has 0 aromatic rings. The summed E-state index contributed by atoms with van der Waals surface area (Å²) >= 11 is 0. The molecular weight excluding hydrogens is 284 g/mol. The molecule has 1 saturated carbocycles. The van der Waals surface area contributed by atoms with Gasteiger partial charge in [-0.05, 0) is 67.8 Å². The molecule has 0 spiro atoms. The number of carbonyl (C=O) groups is 1. The zero-order valence-corrected chi connectivity index (χ0v) is 14.5. The molecule has 1 N–H and O–H groups in total. The lowest BCUT2D eigenvalue weighted by molar-refractivity contribution is -0.117. The molecule has 4 rings (SSSR count). The van der Waals surface area contributed by atoms with E-state index in [2.05, 4.69) is 38.2 Å². The molecule has 0 amide bonds. The Morgan fingerprint density at radius 2 is 2.00 bits per heavy atom. The molecule has 23 heavy (non-hydrogen) atoms. The van der Waals surface area contributed by atoms with Crippen LogP contribution in [0.1, 0.15) is 52.9 Å². The SMILES string of the molecule is CC(=O)C1=CC[C@H]2C3=CC[C@H]4C=CCC[C@]4(C)C3C[C@@H](O)[C@]12C. The van der Waals surface area contributed by atoms with Gasteiger partial charge in [-0.25, -0.2) is 0 Å². The fraction of sp³-hybridized carbons (Fsp3) is 0.667. The van der Waals surface area contributed by atoms with Crippen molar-refractivity contribution in [3.8, 4) is 0 Å². The van der Waals surface area contributed by atoms with Crippen LogP contribution in [0.15, 0.2) is 35.5 Å². The van der Waals surface area contributed by atoms with Gasteiger partial charge in [0, 0.05) is 5.41 Å². The van der Waals surface area contributed by atoms with E-state index in [9.17, 15) is 9.90 Å².